The van der Waals surface area contributed by atoms with E-state index in [2.05, 4.69) is 12.1 Å². The summed E-state index contributed by atoms with van der Waals surface area (Å²) in [5, 5.41) is 11.3. The van der Waals surface area contributed by atoms with Gasteiger partial charge < -0.3 is 19.3 Å². The second-order valence-electron chi connectivity index (χ2n) is 11.1. The summed E-state index contributed by atoms with van der Waals surface area (Å²) in [4.78, 5) is 28.9. The number of rotatable bonds is 4. The van der Waals surface area contributed by atoms with Crippen LogP contribution in [0.15, 0.2) is 54.6 Å². The number of amides is 2. The molecule has 0 radical (unpaired) electrons. The highest BCUT2D eigenvalue weighted by Crippen LogP contribution is 2.43. The molecule has 3 aromatic carbocycles. The normalized spacial score (nSPS) is 17.6. The topological polar surface area (TPSA) is 82.9 Å². The van der Waals surface area contributed by atoms with Gasteiger partial charge in [-0.05, 0) is 85.5 Å². The number of benzene rings is 3. The fourth-order valence-corrected chi connectivity index (χ4v) is 5.49. The number of carbonyl (C=O) groups excluding carboxylic acids is 2. The first-order chi connectivity index (χ1) is 18.6. The second-order valence-corrected chi connectivity index (χ2v) is 11.4. The minimum Gasteiger partial charge on any atom is -0.490 e. The van der Waals surface area contributed by atoms with Crippen LogP contribution in [0.1, 0.15) is 56.3 Å². The lowest BCUT2D eigenvalue weighted by Crippen LogP contribution is -2.44. The van der Waals surface area contributed by atoms with Gasteiger partial charge in [-0.2, -0.15) is 5.26 Å². The van der Waals surface area contributed by atoms with Crippen LogP contribution in [-0.4, -0.2) is 47.6 Å². The Morgan fingerprint density at radius 3 is 2.46 bits per heavy atom. The summed E-state index contributed by atoms with van der Waals surface area (Å²) in [5.74, 6) is 0.478. The zero-order valence-electron chi connectivity index (χ0n) is 22.4. The van der Waals surface area contributed by atoms with E-state index in [1.54, 1.807) is 15.9 Å². The molecular formula is C31H32ClN3O4. The van der Waals surface area contributed by atoms with E-state index in [4.69, 9.17) is 21.1 Å². The van der Waals surface area contributed by atoms with Crippen LogP contribution in [0, 0.1) is 11.3 Å². The van der Waals surface area contributed by atoms with Gasteiger partial charge in [0.1, 0.15) is 23.3 Å². The van der Waals surface area contributed by atoms with Crippen molar-refractivity contribution in [1.29, 1.82) is 5.26 Å². The maximum Gasteiger partial charge on any atom is 0.410 e. The third-order valence-electron chi connectivity index (χ3n) is 7.19. The van der Waals surface area contributed by atoms with Gasteiger partial charge in [-0.25, -0.2) is 4.79 Å². The Morgan fingerprint density at radius 2 is 1.77 bits per heavy atom. The number of fused-ring (bicyclic) bond motifs is 2. The van der Waals surface area contributed by atoms with Gasteiger partial charge in [-0.3, -0.25) is 4.79 Å². The molecule has 5 rings (SSSR count). The summed E-state index contributed by atoms with van der Waals surface area (Å²) in [6.45, 7) is 6.77. The summed E-state index contributed by atoms with van der Waals surface area (Å²) < 4.78 is 11.8. The Labute approximate surface area is 233 Å². The summed E-state index contributed by atoms with van der Waals surface area (Å²) in [6, 6.07) is 19.6. The Kier molecular flexibility index (Phi) is 7.42. The first-order valence-electron chi connectivity index (χ1n) is 13.2. The van der Waals surface area contributed by atoms with E-state index in [1.807, 2.05) is 63.2 Å². The summed E-state index contributed by atoms with van der Waals surface area (Å²) in [7, 11) is 0. The number of alkyl halides is 1. The summed E-state index contributed by atoms with van der Waals surface area (Å²) in [6.07, 6.45) is 1.78. The van der Waals surface area contributed by atoms with Gasteiger partial charge in [0.15, 0.2) is 0 Å². The lowest BCUT2D eigenvalue weighted by atomic mass is 9.98. The molecule has 8 heteroatoms. The molecule has 202 valence electrons. The highest BCUT2D eigenvalue weighted by Gasteiger charge is 2.35. The van der Waals surface area contributed by atoms with Crippen molar-refractivity contribution in [1.82, 2.24) is 4.90 Å². The molecule has 39 heavy (non-hydrogen) atoms. The fourth-order valence-electron chi connectivity index (χ4n) is 5.36. The van der Waals surface area contributed by atoms with Crippen LogP contribution in [0.4, 0.5) is 10.5 Å². The van der Waals surface area contributed by atoms with E-state index in [-0.39, 0.29) is 30.0 Å². The second kappa shape index (κ2) is 10.8. The van der Waals surface area contributed by atoms with Crippen molar-refractivity contribution in [3.8, 4) is 11.8 Å². The number of piperidine rings is 1. The number of anilines is 1. The molecule has 0 saturated carbocycles. The number of nitrogens with zero attached hydrogens (tertiary/aromatic N) is 3. The number of nitriles is 1. The number of hydrogen-bond acceptors (Lipinski definition) is 5. The Hall–Kier alpha value is -3.76. The van der Waals surface area contributed by atoms with Crippen LogP contribution in [0.25, 0.3) is 10.8 Å². The molecule has 2 aliphatic heterocycles. The van der Waals surface area contributed by atoms with Crippen molar-refractivity contribution < 1.29 is 19.1 Å². The van der Waals surface area contributed by atoms with Crippen molar-refractivity contribution >= 4 is 40.1 Å². The van der Waals surface area contributed by atoms with E-state index in [1.165, 1.54) is 0 Å². The number of carbonyl (C=O) groups is 2. The average Bonchev–Trinajstić information content (AvgIpc) is 3.30. The summed E-state index contributed by atoms with van der Waals surface area (Å²) >= 11 is 6.03. The largest absolute Gasteiger partial charge is 0.490 e. The third-order valence-corrected chi connectivity index (χ3v) is 7.42. The highest BCUT2D eigenvalue weighted by atomic mass is 35.5. The monoisotopic (exact) mass is 545 g/mol. The van der Waals surface area contributed by atoms with Gasteiger partial charge in [-0.15, -0.1) is 11.6 Å². The lowest BCUT2D eigenvalue weighted by Gasteiger charge is -2.33. The molecule has 7 nitrogen and oxygen atoms in total. The third kappa shape index (κ3) is 5.81. The molecule has 1 atom stereocenters. The Bertz CT molecular complexity index is 1450. The van der Waals surface area contributed by atoms with Gasteiger partial charge in [0.05, 0.1) is 17.7 Å². The van der Waals surface area contributed by atoms with Crippen LogP contribution >= 0.6 is 11.6 Å². The van der Waals surface area contributed by atoms with Crippen molar-refractivity contribution in [2.75, 3.05) is 23.9 Å². The van der Waals surface area contributed by atoms with E-state index < -0.39 is 5.60 Å². The van der Waals surface area contributed by atoms with Crippen molar-refractivity contribution in [3.63, 3.8) is 0 Å². The molecule has 0 unspecified atom stereocenters. The molecule has 2 heterocycles. The van der Waals surface area contributed by atoms with Gasteiger partial charge in [0, 0.05) is 31.6 Å². The van der Waals surface area contributed by atoms with Crippen molar-refractivity contribution in [2.24, 2.45) is 0 Å². The maximum absolute atomic E-state index is 13.0. The standard InChI is InChI=1S/C31H32ClN3O4/c1-31(2,3)39-30(37)34-12-10-25(11-13-34)38-26-8-9-27-24(16-26)17-28(35(27)29(36)18-32)22-7-6-21-5-4-20(19-33)14-23(21)15-22/h4-9,14-16,25,28H,10-13,17-18H2,1-3H3/t28-/m1/s1. The smallest absolute Gasteiger partial charge is 0.410 e. The minimum atomic E-state index is -0.516. The zero-order valence-corrected chi connectivity index (χ0v) is 23.2. The van der Waals surface area contributed by atoms with Gasteiger partial charge in [0.25, 0.3) is 0 Å². The molecule has 0 spiro atoms. The first kappa shape index (κ1) is 26.8. The van der Waals surface area contributed by atoms with E-state index in [9.17, 15) is 14.9 Å². The quantitative estimate of drug-likeness (QED) is 0.356. The molecule has 3 aromatic rings. The number of hydrogen-bond donors (Lipinski definition) is 0. The van der Waals surface area contributed by atoms with Crippen LogP contribution < -0.4 is 9.64 Å². The van der Waals surface area contributed by atoms with E-state index in [0.717, 1.165) is 46.2 Å². The van der Waals surface area contributed by atoms with E-state index >= 15 is 0 Å². The Balaban J connectivity index is 1.32. The van der Waals surface area contributed by atoms with Crippen LogP contribution in [-0.2, 0) is 16.0 Å². The lowest BCUT2D eigenvalue weighted by molar-refractivity contribution is -0.116. The predicted octanol–water partition coefficient (Wildman–Crippen LogP) is 6.36. The fraction of sp³-hybridized carbons (Fsp3) is 0.387. The molecule has 2 amide bonds. The maximum atomic E-state index is 13.0. The number of likely N-dealkylation sites (tertiary alicyclic amines) is 1. The molecule has 0 aromatic heterocycles. The molecule has 2 aliphatic rings. The average molecular weight is 546 g/mol. The van der Waals surface area contributed by atoms with Crippen LogP contribution in [0.5, 0.6) is 5.75 Å². The number of halogens is 1. The van der Waals surface area contributed by atoms with Gasteiger partial charge in [0.2, 0.25) is 5.91 Å². The molecule has 0 bridgehead atoms. The number of ether oxygens (including phenoxy) is 2. The SMILES string of the molecule is CC(C)(C)OC(=O)N1CCC(Oc2ccc3c(c2)C[C@H](c2ccc4ccc(C#N)cc4c2)N3C(=O)CCl)CC1. The van der Waals surface area contributed by atoms with Gasteiger partial charge >= 0.3 is 6.09 Å². The predicted molar refractivity (Wildman–Crippen MR) is 151 cm³/mol. The van der Waals surface area contributed by atoms with Gasteiger partial charge in [-0.1, -0.05) is 18.2 Å². The Morgan fingerprint density at radius 1 is 1.03 bits per heavy atom. The van der Waals surface area contributed by atoms with Crippen LogP contribution in [0.2, 0.25) is 0 Å². The van der Waals surface area contributed by atoms with Crippen molar-refractivity contribution in [2.45, 2.75) is 57.8 Å². The van der Waals surface area contributed by atoms with Crippen molar-refractivity contribution in [3.05, 3.63) is 71.3 Å². The molecule has 1 saturated heterocycles. The molecule has 0 aliphatic carbocycles. The minimum absolute atomic E-state index is 0.00525. The highest BCUT2D eigenvalue weighted by molar-refractivity contribution is 6.29. The summed E-state index contributed by atoms with van der Waals surface area (Å²) in [5.41, 5.74) is 2.93. The molecular weight excluding hydrogens is 514 g/mol. The van der Waals surface area contributed by atoms with E-state index in [0.29, 0.717) is 25.1 Å². The zero-order chi connectivity index (χ0) is 27.7. The van der Waals surface area contributed by atoms with Crippen LogP contribution in [0.3, 0.4) is 0 Å². The first-order valence-corrected chi connectivity index (χ1v) is 13.8. The molecule has 0 N–H and O–H groups in total. The molecule has 1 fully saturated rings.